The second-order valence-electron chi connectivity index (χ2n) is 4.14. The molecule has 2 rings (SSSR count). The number of carbonyl (C=O) groups is 1. The second-order valence-corrected chi connectivity index (χ2v) is 5.10. The molecule has 0 atom stereocenters. The molecule has 114 valence electrons. The fraction of sp³-hybridized carbons (Fsp3) is 0.214. The van der Waals surface area contributed by atoms with Crippen LogP contribution in [-0.4, -0.2) is 28.2 Å². The van der Waals surface area contributed by atoms with Gasteiger partial charge in [-0.1, -0.05) is 35.9 Å². The van der Waals surface area contributed by atoms with Gasteiger partial charge in [0.1, 0.15) is 5.03 Å². The SMILES string of the molecule is C#CCNC(=O)CSc1nc(C(F)(F)F)nc2ccccc12. The number of aromatic nitrogens is 2. The monoisotopic (exact) mass is 325 g/mol. The Balaban J connectivity index is 2.31. The first-order chi connectivity index (χ1) is 10.4. The molecule has 0 spiro atoms. The van der Waals surface area contributed by atoms with Gasteiger partial charge in [0.05, 0.1) is 17.8 Å². The number of nitrogens with zero attached hydrogens (tertiary/aromatic N) is 2. The van der Waals surface area contributed by atoms with E-state index in [9.17, 15) is 18.0 Å². The van der Waals surface area contributed by atoms with Gasteiger partial charge >= 0.3 is 6.18 Å². The van der Waals surface area contributed by atoms with E-state index in [2.05, 4.69) is 21.2 Å². The van der Waals surface area contributed by atoms with Crippen LogP contribution in [0.15, 0.2) is 29.3 Å². The lowest BCUT2D eigenvalue weighted by Crippen LogP contribution is -2.25. The summed E-state index contributed by atoms with van der Waals surface area (Å²) in [5.74, 6) is 0.556. The summed E-state index contributed by atoms with van der Waals surface area (Å²) in [5.41, 5.74) is 0.177. The van der Waals surface area contributed by atoms with E-state index in [0.29, 0.717) is 5.39 Å². The summed E-state index contributed by atoms with van der Waals surface area (Å²) in [6, 6.07) is 6.33. The molecule has 0 saturated carbocycles. The summed E-state index contributed by atoms with van der Waals surface area (Å²) in [6.45, 7) is 0.0672. The van der Waals surface area contributed by atoms with Gasteiger partial charge in [-0.3, -0.25) is 4.79 Å². The minimum Gasteiger partial charge on any atom is -0.344 e. The summed E-state index contributed by atoms with van der Waals surface area (Å²) in [6.07, 6.45) is 0.361. The third-order valence-corrected chi connectivity index (χ3v) is 3.54. The van der Waals surface area contributed by atoms with Crippen LogP contribution in [0.1, 0.15) is 5.82 Å². The lowest BCUT2D eigenvalue weighted by Gasteiger charge is -2.10. The zero-order valence-corrected chi connectivity index (χ0v) is 12.0. The van der Waals surface area contributed by atoms with Gasteiger partial charge in [0, 0.05) is 5.39 Å². The Hall–Kier alpha value is -2.27. The minimum absolute atomic E-state index is 0.0672. The quantitative estimate of drug-likeness (QED) is 0.533. The predicted octanol–water partition coefficient (Wildman–Crippen LogP) is 2.49. The van der Waals surface area contributed by atoms with Gasteiger partial charge in [0.15, 0.2) is 0 Å². The molecule has 0 aliphatic heterocycles. The van der Waals surface area contributed by atoms with Gasteiger partial charge in [-0.15, -0.1) is 6.42 Å². The average Bonchev–Trinajstić information content (AvgIpc) is 2.49. The molecule has 1 heterocycles. The fourth-order valence-corrected chi connectivity index (χ4v) is 2.47. The van der Waals surface area contributed by atoms with E-state index < -0.39 is 12.0 Å². The van der Waals surface area contributed by atoms with E-state index >= 15 is 0 Å². The zero-order chi connectivity index (χ0) is 16.2. The lowest BCUT2D eigenvalue weighted by atomic mass is 10.2. The standard InChI is InChI=1S/C14H10F3N3OS/c1-2-7-18-11(21)8-22-12-9-5-3-4-6-10(9)19-13(20-12)14(15,16)17/h1,3-6H,7-8H2,(H,18,21). The van der Waals surface area contributed by atoms with Crippen LogP contribution in [-0.2, 0) is 11.0 Å². The average molecular weight is 325 g/mol. The number of fused-ring (bicyclic) bond motifs is 1. The molecule has 1 aromatic heterocycles. The molecule has 0 unspecified atom stereocenters. The van der Waals surface area contributed by atoms with Crippen molar-refractivity contribution in [3.63, 3.8) is 0 Å². The Labute approximate surface area is 128 Å². The number of halogens is 3. The molecule has 0 bridgehead atoms. The van der Waals surface area contributed by atoms with Crippen molar-refractivity contribution >= 4 is 28.6 Å². The Morgan fingerprint density at radius 1 is 1.32 bits per heavy atom. The molecule has 22 heavy (non-hydrogen) atoms. The molecule has 8 heteroatoms. The number of carbonyl (C=O) groups excluding carboxylic acids is 1. The summed E-state index contributed by atoms with van der Waals surface area (Å²) in [7, 11) is 0. The molecule has 1 aromatic carbocycles. The molecular formula is C14H10F3N3OS. The molecule has 1 amide bonds. The number of rotatable bonds is 4. The van der Waals surface area contributed by atoms with Crippen LogP contribution in [0.4, 0.5) is 13.2 Å². The molecule has 0 fully saturated rings. The molecule has 4 nitrogen and oxygen atoms in total. The highest BCUT2D eigenvalue weighted by molar-refractivity contribution is 8.00. The van der Waals surface area contributed by atoms with E-state index in [1.54, 1.807) is 18.2 Å². The maximum atomic E-state index is 12.8. The fourth-order valence-electron chi connectivity index (χ4n) is 1.62. The normalized spacial score (nSPS) is 11.2. The molecule has 0 aliphatic carbocycles. The number of para-hydroxylation sites is 1. The van der Waals surface area contributed by atoms with Crippen molar-refractivity contribution in [2.24, 2.45) is 0 Å². The number of amides is 1. The maximum absolute atomic E-state index is 12.8. The van der Waals surface area contributed by atoms with E-state index in [0.717, 1.165) is 11.8 Å². The molecular weight excluding hydrogens is 315 g/mol. The van der Waals surface area contributed by atoms with Gasteiger partial charge in [0.25, 0.3) is 0 Å². The largest absolute Gasteiger partial charge is 0.451 e. The first-order valence-corrected chi connectivity index (χ1v) is 7.07. The number of nitrogens with one attached hydrogen (secondary N) is 1. The zero-order valence-electron chi connectivity index (χ0n) is 11.1. The van der Waals surface area contributed by atoms with Crippen molar-refractivity contribution in [2.45, 2.75) is 11.2 Å². The van der Waals surface area contributed by atoms with Crippen molar-refractivity contribution in [3.05, 3.63) is 30.1 Å². The number of alkyl halides is 3. The van der Waals surface area contributed by atoms with Gasteiger partial charge in [-0.25, -0.2) is 9.97 Å². The highest BCUT2D eigenvalue weighted by atomic mass is 32.2. The van der Waals surface area contributed by atoms with Crippen molar-refractivity contribution in [2.75, 3.05) is 12.3 Å². The molecule has 0 aliphatic rings. The summed E-state index contributed by atoms with van der Waals surface area (Å²) in [5, 5.41) is 3.00. The Kier molecular flexibility index (Phi) is 4.88. The van der Waals surface area contributed by atoms with Crippen LogP contribution in [0.3, 0.4) is 0 Å². The van der Waals surface area contributed by atoms with E-state index in [1.807, 2.05) is 0 Å². The second kappa shape index (κ2) is 6.66. The van der Waals surface area contributed by atoms with Crippen molar-refractivity contribution in [3.8, 4) is 12.3 Å². The minimum atomic E-state index is -4.65. The van der Waals surface area contributed by atoms with Gasteiger partial charge < -0.3 is 5.32 Å². The van der Waals surface area contributed by atoms with Crippen LogP contribution >= 0.6 is 11.8 Å². The molecule has 0 saturated heterocycles. The number of thioether (sulfide) groups is 1. The third kappa shape index (κ3) is 3.89. The van der Waals surface area contributed by atoms with E-state index in [1.165, 1.54) is 6.07 Å². The van der Waals surface area contributed by atoms with Crippen LogP contribution < -0.4 is 5.32 Å². The Morgan fingerprint density at radius 2 is 2.05 bits per heavy atom. The lowest BCUT2D eigenvalue weighted by molar-refractivity contribution is -0.145. The third-order valence-electron chi connectivity index (χ3n) is 2.55. The highest BCUT2D eigenvalue weighted by Gasteiger charge is 2.35. The number of hydrogen-bond acceptors (Lipinski definition) is 4. The predicted molar refractivity (Wildman–Crippen MR) is 77.1 cm³/mol. The first-order valence-electron chi connectivity index (χ1n) is 6.08. The van der Waals surface area contributed by atoms with Crippen molar-refractivity contribution in [1.82, 2.24) is 15.3 Å². The number of hydrogen-bond donors (Lipinski definition) is 1. The smallest absolute Gasteiger partial charge is 0.344 e. The summed E-state index contributed by atoms with van der Waals surface area (Å²) >= 11 is 0.907. The summed E-state index contributed by atoms with van der Waals surface area (Å²) < 4.78 is 38.5. The van der Waals surface area contributed by atoms with Gasteiger partial charge in [-0.05, 0) is 6.07 Å². The molecule has 1 N–H and O–H groups in total. The molecule has 0 radical (unpaired) electrons. The van der Waals surface area contributed by atoms with E-state index in [4.69, 9.17) is 6.42 Å². The van der Waals surface area contributed by atoms with Crippen LogP contribution in [0.5, 0.6) is 0 Å². The van der Waals surface area contributed by atoms with Crippen molar-refractivity contribution in [1.29, 1.82) is 0 Å². The van der Waals surface area contributed by atoms with Crippen LogP contribution in [0.25, 0.3) is 10.9 Å². The van der Waals surface area contributed by atoms with E-state index in [-0.39, 0.29) is 28.7 Å². The van der Waals surface area contributed by atoms with Gasteiger partial charge in [0.2, 0.25) is 11.7 Å². The first kappa shape index (κ1) is 16.1. The topological polar surface area (TPSA) is 54.9 Å². The Bertz CT molecular complexity index is 740. The molecule has 2 aromatic rings. The van der Waals surface area contributed by atoms with Crippen molar-refractivity contribution < 1.29 is 18.0 Å². The number of terminal acetylenes is 1. The maximum Gasteiger partial charge on any atom is 0.451 e. The highest BCUT2D eigenvalue weighted by Crippen LogP contribution is 2.31. The Morgan fingerprint density at radius 3 is 2.73 bits per heavy atom. The van der Waals surface area contributed by atoms with Crippen LogP contribution in [0.2, 0.25) is 0 Å². The summed E-state index contributed by atoms with van der Waals surface area (Å²) in [4.78, 5) is 18.5. The van der Waals surface area contributed by atoms with Gasteiger partial charge in [-0.2, -0.15) is 13.2 Å². The van der Waals surface area contributed by atoms with Crippen LogP contribution in [0, 0.1) is 12.3 Å². The number of benzene rings is 1.